The van der Waals surface area contributed by atoms with Gasteiger partial charge in [-0.3, -0.25) is 0 Å². The Morgan fingerprint density at radius 3 is 2.29 bits per heavy atom. The first kappa shape index (κ1) is 20.1. The lowest BCUT2D eigenvalue weighted by molar-refractivity contribution is 0.0688. The Balaban J connectivity index is 1.82. The summed E-state index contributed by atoms with van der Waals surface area (Å²) in [6.07, 6.45) is 3.36. The summed E-state index contributed by atoms with van der Waals surface area (Å²) in [7, 11) is -2.17. The fourth-order valence-electron chi connectivity index (χ4n) is 2.60. The summed E-state index contributed by atoms with van der Waals surface area (Å²) < 4.78 is 37.9. The first-order valence-corrected chi connectivity index (χ1v) is 10.1. The van der Waals surface area contributed by atoms with Crippen LogP contribution in [0.2, 0.25) is 0 Å². The van der Waals surface area contributed by atoms with Crippen molar-refractivity contribution in [3.8, 4) is 22.5 Å². The van der Waals surface area contributed by atoms with Gasteiger partial charge in [-0.05, 0) is 17.7 Å². The number of aromatic nitrogens is 2. The van der Waals surface area contributed by atoms with Crippen LogP contribution in [0.15, 0.2) is 71.9 Å². The highest BCUT2D eigenvalue weighted by atomic mass is 32.2. The molecule has 0 radical (unpaired) electrons. The summed E-state index contributed by atoms with van der Waals surface area (Å²) in [5, 5.41) is 0. The fourth-order valence-corrected chi connectivity index (χ4v) is 3.73. The van der Waals surface area contributed by atoms with E-state index in [1.807, 2.05) is 24.3 Å². The minimum atomic E-state index is -3.73. The molecule has 0 aliphatic carbocycles. The van der Waals surface area contributed by atoms with Crippen LogP contribution in [0.1, 0.15) is 0 Å². The number of methoxy groups -OCH3 is 1. The molecule has 0 fully saturated rings. The molecule has 28 heavy (non-hydrogen) atoms. The van der Waals surface area contributed by atoms with Gasteiger partial charge in [0.2, 0.25) is 10.0 Å². The first-order valence-electron chi connectivity index (χ1n) is 8.65. The van der Waals surface area contributed by atoms with E-state index in [0.717, 1.165) is 11.1 Å². The predicted octanol–water partition coefficient (Wildman–Crippen LogP) is 2.71. The maximum atomic E-state index is 12.7. The Bertz CT molecular complexity index is 993. The fraction of sp³-hybridized carbons (Fsp3) is 0.200. The Kier molecular flexibility index (Phi) is 6.83. The molecule has 0 unspecified atom stereocenters. The molecule has 0 aliphatic heterocycles. The summed E-state index contributed by atoms with van der Waals surface area (Å²) in [6.45, 7) is 0.587. The summed E-state index contributed by atoms with van der Waals surface area (Å²) in [5.41, 5.74) is 2.24. The van der Waals surface area contributed by atoms with Gasteiger partial charge in [0.1, 0.15) is 6.73 Å². The number of ether oxygens (including phenoxy) is 2. The average Bonchev–Trinajstić information content (AvgIpc) is 2.74. The highest BCUT2D eigenvalue weighted by Crippen LogP contribution is 2.28. The zero-order valence-corrected chi connectivity index (χ0v) is 16.2. The van der Waals surface area contributed by atoms with Crippen LogP contribution < -0.4 is 4.72 Å². The van der Waals surface area contributed by atoms with Gasteiger partial charge in [0.05, 0.1) is 18.1 Å². The minimum Gasteiger partial charge on any atom is -0.382 e. The van der Waals surface area contributed by atoms with Crippen LogP contribution >= 0.6 is 0 Å². The molecule has 1 heterocycles. The Labute approximate surface area is 164 Å². The van der Waals surface area contributed by atoms with Crippen molar-refractivity contribution in [3.63, 3.8) is 0 Å². The lowest BCUT2D eigenvalue weighted by Gasteiger charge is -2.12. The van der Waals surface area contributed by atoms with E-state index >= 15 is 0 Å². The van der Waals surface area contributed by atoms with Gasteiger partial charge in [0, 0.05) is 30.6 Å². The van der Waals surface area contributed by atoms with Crippen LogP contribution in [0.4, 0.5) is 0 Å². The largest absolute Gasteiger partial charge is 0.382 e. The van der Waals surface area contributed by atoms with E-state index in [0.29, 0.717) is 24.6 Å². The van der Waals surface area contributed by atoms with Gasteiger partial charge >= 0.3 is 0 Å². The van der Waals surface area contributed by atoms with Crippen molar-refractivity contribution in [2.75, 3.05) is 27.1 Å². The maximum Gasteiger partial charge on any atom is 0.243 e. The van der Waals surface area contributed by atoms with Crippen LogP contribution in [0.25, 0.3) is 22.5 Å². The molecule has 0 saturated carbocycles. The number of nitrogens with zero attached hydrogens (tertiary/aromatic N) is 2. The van der Waals surface area contributed by atoms with Gasteiger partial charge in [-0.2, -0.15) is 4.72 Å². The van der Waals surface area contributed by atoms with Crippen LogP contribution in [0.3, 0.4) is 0 Å². The predicted molar refractivity (Wildman–Crippen MR) is 106 cm³/mol. The Hall–Kier alpha value is -2.65. The molecule has 0 saturated heterocycles. The standard InChI is InChI=1S/C20H21N3O4S/c1-26-13-14-27-15-23-28(24,25)19-6-3-2-5-18(19)16-7-9-17(10-8-16)20-21-11-4-12-22-20/h2-12,23H,13-15H2,1H3. The van der Waals surface area contributed by atoms with Crippen molar-refractivity contribution >= 4 is 10.0 Å². The van der Waals surface area contributed by atoms with Gasteiger partial charge in [0.15, 0.2) is 5.82 Å². The second-order valence-electron chi connectivity index (χ2n) is 5.84. The third-order valence-corrected chi connectivity index (χ3v) is 5.41. The lowest BCUT2D eigenvalue weighted by Crippen LogP contribution is -2.27. The van der Waals surface area contributed by atoms with E-state index in [2.05, 4.69) is 14.7 Å². The number of hydrogen-bond donors (Lipinski definition) is 1. The molecule has 3 rings (SSSR count). The molecule has 1 aromatic heterocycles. The molecular weight excluding hydrogens is 378 g/mol. The third-order valence-electron chi connectivity index (χ3n) is 3.98. The molecule has 0 aliphatic rings. The van der Waals surface area contributed by atoms with Crippen LogP contribution in [0, 0.1) is 0 Å². The van der Waals surface area contributed by atoms with Crippen LogP contribution in [0.5, 0.6) is 0 Å². The van der Waals surface area contributed by atoms with E-state index < -0.39 is 10.0 Å². The van der Waals surface area contributed by atoms with Crippen LogP contribution in [-0.2, 0) is 19.5 Å². The Morgan fingerprint density at radius 1 is 0.893 bits per heavy atom. The van der Waals surface area contributed by atoms with Gasteiger partial charge in [0.25, 0.3) is 0 Å². The molecule has 8 heteroatoms. The van der Waals surface area contributed by atoms with E-state index in [4.69, 9.17) is 9.47 Å². The molecule has 7 nitrogen and oxygen atoms in total. The second kappa shape index (κ2) is 9.52. The monoisotopic (exact) mass is 399 g/mol. The van der Waals surface area contributed by atoms with E-state index in [1.165, 1.54) is 0 Å². The molecule has 3 aromatic rings. The van der Waals surface area contributed by atoms with Crippen molar-refractivity contribution in [3.05, 3.63) is 67.0 Å². The maximum absolute atomic E-state index is 12.7. The van der Waals surface area contributed by atoms with Crippen molar-refractivity contribution in [1.82, 2.24) is 14.7 Å². The van der Waals surface area contributed by atoms with Gasteiger partial charge < -0.3 is 9.47 Å². The van der Waals surface area contributed by atoms with Gasteiger partial charge in [-0.15, -0.1) is 0 Å². The molecule has 0 bridgehead atoms. The van der Waals surface area contributed by atoms with Crippen molar-refractivity contribution < 1.29 is 17.9 Å². The van der Waals surface area contributed by atoms with Gasteiger partial charge in [-0.25, -0.2) is 18.4 Å². The smallest absolute Gasteiger partial charge is 0.243 e. The average molecular weight is 399 g/mol. The molecular formula is C20H21N3O4S. The summed E-state index contributed by atoms with van der Waals surface area (Å²) in [5.74, 6) is 0.616. The van der Waals surface area contributed by atoms with E-state index in [9.17, 15) is 8.42 Å². The third kappa shape index (κ3) is 4.99. The van der Waals surface area contributed by atoms with Crippen molar-refractivity contribution in [2.24, 2.45) is 0 Å². The highest BCUT2D eigenvalue weighted by Gasteiger charge is 2.18. The summed E-state index contributed by atoms with van der Waals surface area (Å²) in [6, 6.07) is 16.0. The molecule has 1 N–H and O–H groups in total. The molecule has 0 amide bonds. The zero-order chi connectivity index (χ0) is 19.8. The minimum absolute atomic E-state index is 0.121. The zero-order valence-electron chi connectivity index (χ0n) is 15.4. The quantitative estimate of drug-likeness (QED) is 0.439. The topological polar surface area (TPSA) is 90.4 Å². The van der Waals surface area contributed by atoms with E-state index in [-0.39, 0.29) is 11.6 Å². The SMILES string of the molecule is COCCOCNS(=O)(=O)c1ccccc1-c1ccc(-c2ncccn2)cc1. The molecule has 2 aromatic carbocycles. The molecule has 146 valence electrons. The number of benzene rings is 2. The molecule has 0 atom stereocenters. The van der Waals surface area contributed by atoms with E-state index in [1.54, 1.807) is 49.8 Å². The molecule has 0 spiro atoms. The summed E-state index contributed by atoms with van der Waals surface area (Å²) in [4.78, 5) is 8.64. The normalized spacial score (nSPS) is 11.5. The lowest BCUT2D eigenvalue weighted by atomic mass is 10.0. The number of nitrogens with one attached hydrogen (secondary N) is 1. The first-order chi connectivity index (χ1) is 13.6. The van der Waals surface area contributed by atoms with Crippen molar-refractivity contribution in [1.29, 1.82) is 0 Å². The van der Waals surface area contributed by atoms with Crippen LogP contribution in [-0.4, -0.2) is 45.4 Å². The Morgan fingerprint density at radius 2 is 1.57 bits per heavy atom. The van der Waals surface area contributed by atoms with Gasteiger partial charge in [-0.1, -0.05) is 42.5 Å². The summed E-state index contributed by atoms with van der Waals surface area (Å²) >= 11 is 0. The number of sulfonamides is 1. The number of rotatable bonds is 9. The number of hydrogen-bond acceptors (Lipinski definition) is 6. The second-order valence-corrected chi connectivity index (χ2v) is 7.57. The van der Waals surface area contributed by atoms with Crippen molar-refractivity contribution in [2.45, 2.75) is 4.90 Å². The highest BCUT2D eigenvalue weighted by molar-refractivity contribution is 7.89.